The number of nitrogens with zero attached hydrogens (tertiary/aromatic N) is 2. The largest absolute Gasteiger partial charge is 0.493 e. The Balaban J connectivity index is 1.95. The van der Waals surface area contributed by atoms with E-state index in [0.717, 1.165) is 16.3 Å². The van der Waals surface area contributed by atoms with Gasteiger partial charge < -0.3 is 20.5 Å². The molecule has 0 atom stereocenters. The highest BCUT2D eigenvalue weighted by Gasteiger charge is 2.06. The van der Waals surface area contributed by atoms with Gasteiger partial charge in [0.05, 0.1) is 38.0 Å². The molecule has 3 N–H and O–H groups in total. The van der Waals surface area contributed by atoms with Gasteiger partial charge in [0.1, 0.15) is 0 Å². The van der Waals surface area contributed by atoms with Crippen LogP contribution in [0.15, 0.2) is 23.2 Å². The van der Waals surface area contributed by atoms with Crippen molar-refractivity contribution < 1.29 is 9.47 Å². The lowest BCUT2D eigenvalue weighted by Crippen LogP contribution is -2.31. The van der Waals surface area contributed by atoms with E-state index >= 15 is 0 Å². The summed E-state index contributed by atoms with van der Waals surface area (Å²) in [5.74, 6) is 1.79. The minimum absolute atomic E-state index is 0.408. The molecule has 124 valence electrons. The minimum atomic E-state index is 0.408. The summed E-state index contributed by atoms with van der Waals surface area (Å²) in [4.78, 5) is 9.91. The number of benzene rings is 1. The van der Waals surface area contributed by atoms with Crippen LogP contribution in [0.1, 0.15) is 21.1 Å². The van der Waals surface area contributed by atoms with Crippen LogP contribution in [0.4, 0.5) is 0 Å². The minimum Gasteiger partial charge on any atom is -0.493 e. The van der Waals surface area contributed by atoms with E-state index in [4.69, 9.17) is 15.2 Å². The Morgan fingerprint density at radius 1 is 1.26 bits per heavy atom. The van der Waals surface area contributed by atoms with E-state index in [0.29, 0.717) is 30.5 Å². The van der Waals surface area contributed by atoms with Crippen molar-refractivity contribution in [3.8, 4) is 11.5 Å². The number of hydrogen-bond donors (Lipinski definition) is 2. The first-order valence-electron chi connectivity index (χ1n) is 7.21. The van der Waals surface area contributed by atoms with Gasteiger partial charge in [0.25, 0.3) is 0 Å². The van der Waals surface area contributed by atoms with Gasteiger partial charge in [-0.1, -0.05) is 6.07 Å². The number of ether oxygens (including phenoxy) is 2. The van der Waals surface area contributed by atoms with Crippen molar-refractivity contribution in [1.29, 1.82) is 0 Å². The Morgan fingerprint density at radius 3 is 2.61 bits per heavy atom. The molecule has 2 aromatic rings. The van der Waals surface area contributed by atoms with Gasteiger partial charge in [-0.3, -0.25) is 0 Å². The third kappa shape index (κ3) is 4.59. The molecule has 0 unspecified atom stereocenters. The van der Waals surface area contributed by atoms with E-state index in [1.54, 1.807) is 25.6 Å². The molecule has 0 aliphatic carbocycles. The average Bonchev–Trinajstić information content (AvgIpc) is 2.88. The number of nitrogens with one attached hydrogen (secondary N) is 1. The second-order valence-corrected chi connectivity index (χ2v) is 6.27. The number of rotatable bonds is 6. The van der Waals surface area contributed by atoms with Crippen LogP contribution in [0.25, 0.3) is 0 Å². The van der Waals surface area contributed by atoms with Crippen LogP contribution in [0.5, 0.6) is 11.5 Å². The Labute approximate surface area is 140 Å². The standard InChI is InChI=1S/C16H22N4O2S/c1-10-15(23-11(2)20-10)9-19-16(17)18-8-12-5-6-13(21-3)14(7-12)22-4/h5-7H,8-9H2,1-4H3,(H3,17,18,19). The topological polar surface area (TPSA) is 81.8 Å². The molecule has 0 fully saturated rings. The fourth-order valence-electron chi connectivity index (χ4n) is 2.12. The fraction of sp³-hybridized carbons (Fsp3) is 0.375. The molecular formula is C16H22N4O2S. The number of methoxy groups -OCH3 is 2. The molecule has 0 amide bonds. The zero-order chi connectivity index (χ0) is 16.8. The summed E-state index contributed by atoms with van der Waals surface area (Å²) in [6.07, 6.45) is 0. The van der Waals surface area contributed by atoms with Crippen molar-refractivity contribution in [1.82, 2.24) is 10.3 Å². The maximum atomic E-state index is 5.92. The lowest BCUT2D eigenvalue weighted by molar-refractivity contribution is 0.354. The van der Waals surface area contributed by atoms with Crippen LogP contribution >= 0.6 is 11.3 Å². The van der Waals surface area contributed by atoms with E-state index in [1.807, 2.05) is 32.0 Å². The third-order valence-corrected chi connectivity index (χ3v) is 4.38. The lowest BCUT2D eigenvalue weighted by atomic mass is 10.2. The number of aryl methyl sites for hydroxylation is 2. The van der Waals surface area contributed by atoms with Crippen LogP contribution in [0.3, 0.4) is 0 Å². The van der Waals surface area contributed by atoms with Gasteiger partial charge in [-0.15, -0.1) is 11.3 Å². The molecule has 0 saturated heterocycles. The number of aliphatic imine (C=N–C) groups is 1. The first-order chi connectivity index (χ1) is 11.0. The van der Waals surface area contributed by atoms with Crippen molar-refractivity contribution in [2.45, 2.75) is 26.9 Å². The predicted octanol–water partition coefficient (Wildman–Crippen LogP) is 2.38. The predicted molar refractivity (Wildman–Crippen MR) is 93.3 cm³/mol. The highest BCUT2D eigenvalue weighted by molar-refractivity contribution is 7.11. The zero-order valence-corrected chi connectivity index (χ0v) is 14.7. The van der Waals surface area contributed by atoms with Gasteiger partial charge in [0, 0.05) is 4.88 Å². The second kappa shape index (κ2) is 7.82. The quantitative estimate of drug-likeness (QED) is 0.626. The van der Waals surface area contributed by atoms with E-state index in [-0.39, 0.29) is 0 Å². The Hall–Kier alpha value is -2.28. The molecule has 6 nitrogen and oxygen atoms in total. The van der Waals surface area contributed by atoms with Crippen molar-refractivity contribution in [2.24, 2.45) is 10.7 Å². The summed E-state index contributed by atoms with van der Waals surface area (Å²) in [5, 5.41) is 4.17. The van der Waals surface area contributed by atoms with E-state index in [2.05, 4.69) is 15.3 Å². The van der Waals surface area contributed by atoms with Crippen LogP contribution < -0.4 is 20.5 Å². The van der Waals surface area contributed by atoms with Crippen LogP contribution in [-0.2, 0) is 13.1 Å². The molecule has 1 heterocycles. The molecule has 1 aromatic carbocycles. The van der Waals surface area contributed by atoms with Gasteiger partial charge in [-0.25, -0.2) is 9.98 Å². The first kappa shape index (κ1) is 17.1. The lowest BCUT2D eigenvalue weighted by Gasteiger charge is -2.09. The van der Waals surface area contributed by atoms with Crippen molar-refractivity contribution in [3.63, 3.8) is 0 Å². The molecule has 0 spiro atoms. The van der Waals surface area contributed by atoms with Gasteiger partial charge in [0.15, 0.2) is 17.5 Å². The monoisotopic (exact) mass is 334 g/mol. The van der Waals surface area contributed by atoms with Crippen LogP contribution in [-0.4, -0.2) is 25.2 Å². The normalized spacial score (nSPS) is 11.4. The van der Waals surface area contributed by atoms with Gasteiger partial charge in [-0.05, 0) is 31.5 Å². The molecule has 1 aromatic heterocycles. The number of thiazole rings is 1. The molecule has 0 radical (unpaired) electrons. The van der Waals surface area contributed by atoms with E-state index in [1.165, 1.54) is 4.88 Å². The van der Waals surface area contributed by atoms with E-state index in [9.17, 15) is 0 Å². The average molecular weight is 334 g/mol. The molecule has 7 heteroatoms. The molecule has 2 rings (SSSR count). The number of hydrogen-bond acceptors (Lipinski definition) is 5. The molecule has 0 saturated carbocycles. The summed E-state index contributed by atoms with van der Waals surface area (Å²) in [6, 6.07) is 5.69. The van der Waals surface area contributed by atoms with Crippen molar-refractivity contribution in [2.75, 3.05) is 14.2 Å². The fourth-order valence-corrected chi connectivity index (χ4v) is 3.00. The Bertz CT molecular complexity index is 697. The number of guanidine groups is 1. The molecule has 0 bridgehead atoms. The molecular weight excluding hydrogens is 312 g/mol. The maximum Gasteiger partial charge on any atom is 0.189 e. The third-order valence-electron chi connectivity index (χ3n) is 3.31. The van der Waals surface area contributed by atoms with Crippen LogP contribution in [0, 0.1) is 13.8 Å². The van der Waals surface area contributed by atoms with Crippen LogP contribution in [0.2, 0.25) is 0 Å². The van der Waals surface area contributed by atoms with Gasteiger partial charge in [-0.2, -0.15) is 0 Å². The molecule has 0 aliphatic rings. The SMILES string of the molecule is COc1ccc(CN=C(N)NCc2sc(C)nc2C)cc1OC. The van der Waals surface area contributed by atoms with Gasteiger partial charge >= 0.3 is 0 Å². The highest BCUT2D eigenvalue weighted by Crippen LogP contribution is 2.27. The highest BCUT2D eigenvalue weighted by atomic mass is 32.1. The zero-order valence-electron chi connectivity index (χ0n) is 13.8. The van der Waals surface area contributed by atoms with Crippen molar-refractivity contribution in [3.05, 3.63) is 39.3 Å². The Kier molecular flexibility index (Phi) is 5.81. The number of nitrogens with two attached hydrogens (primary N) is 1. The summed E-state index contributed by atoms with van der Waals surface area (Å²) in [7, 11) is 3.22. The summed E-state index contributed by atoms with van der Waals surface area (Å²) >= 11 is 1.67. The smallest absolute Gasteiger partial charge is 0.189 e. The summed E-state index contributed by atoms with van der Waals surface area (Å²) in [5.41, 5.74) is 7.95. The summed E-state index contributed by atoms with van der Waals surface area (Å²) < 4.78 is 10.5. The van der Waals surface area contributed by atoms with Crippen molar-refractivity contribution >= 4 is 17.3 Å². The van der Waals surface area contributed by atoms with Gasteiger partial charge in [0.2, 0.25) is 0 Å². The first-order valence-corrected chi connectivity index (χ1v) is 8.02. The maximum absolute atomic E-state index is 5.92. The summed E-state index contributed by atoms with van der Waals surface area (Å²) in [6.45, 7) is 5.10. The Morgan fingerprint density at radius 2 is 2.00 bits per heavy atom. The number of aromatic nitrogens is 1. The molecule has 0 aliphatic heterocycles. The van der Waals surface area contributed by atoms with E-state index < -0.39 is 0 Å². The molecule has 23 heavy (non-hydrogen) atoms. The second-order valence-electron chi connectivity index (χ2n) is 4.99.